The normalized spacial score (nSPS) is 24.8. The summed E-state index contributed by atoms with van der Waals surface area (Å²) < 4.78 is 5.65. The largest absolute Gasteiger partial charge is 0.490 e. The summed E-state index contributed by atoms with van der Waals surface area (Å²) in [6.45, 7) is 0. The van der Waals surface area contributed by atoms with Crippen molar-refractivity contribution in [1.82, 2.24) is 0 Å². The third-order valence-corrected chi connectivity index (χ3v) is 3.18. The second-order valence-electron chi connectivity index (χ2n) is 4.44. The third kappa shape index (κ3) is 1.76. The molecule has 78 valence electrons. The van der Waals surface area contributed by atoms with Gasteiger partial charge in [0, 0.05) is 12.3 Å². The maximum absolute atomic E-state index is 11.3. The van der Waals surface area contributed by atoms with Crippen LogP contribution >= 0.6 is 0 Å². The van der Waals surface area contributed by atoms with Crippen molar-refractivity contribution in [2.75, 3.05) is 0 Å². The van der Waals surface area contributed by atoms with E-state index in [-0.39, 0.29) is 5.92 Å². The molecule has 15 heavy (non-hydrogen) atoms. The van der Waals surface area contributed by atoms with Gasteiger partial charge in [0.25, 0.3) is 0 Å². The lowest BCUT2D eigenvalue weighted by atomic mass is 9.79. The number of rotatable bonds is 3. The molecule has 1 unspecified atom stereocenters. The maximum Gasteiger partial charge on any atom is 0.140 e. The van der Waals surface area contributed by atoms with Crippen molar-refractivity contribution in [3.8, 4) is 5.75 Å². The van der Waals surface area contributed by atoms with Crippen LogP contribution in [0, 0.1) is 0 Å². The van der Waals surface area contributed by atoms with Gasteiger partial charge in [-0.1, -0.05) is 12.1 Å². The zero-order valence-corrected chi connectivity index (χ0v) is 8.61. The minimum Gasteiger partial charge on any atom is -0.490 e. The first-order valence-electron chi connectivity index (χ1n) is 5.62. The quantitative estimate of drug-likeness (QED) is 0.753. The minimum atomic E-state index is 0.167. The highest BCUT2D eigenvalue weighted by Gasteiger charge is 2.29. The summed E-state index contributed by atoms with van der Waals surface area (Å²) in [5.41, 5.74) is 1.15. The fourth-order valence-electron chi connectivity index (χ4n) is 1.92. The van der Waals surface area contributed by atoms with Gasteiger partial charge in [0.05, 0.1) is 6.10 Å². The first kappa shape index (κ1) is 8.96. The van der Waals surface area contributed by atoms with Gasteiger partial charge in [0.1, 0.15) is 11.5 Å². The summed E-state index contributed by atoms with van der Waals surface area (Å²) >= 11 is 0. The van der Waals surface area contributed by atoms with Crippen molar-refractivity contribution in [1.29, 1.82) is 0 Å². The Labute approximate surface area is 89.2 Å². The van der Waals surface area contributed by atoms with Crippen LogP contribution in [0.4, 0.5) is 0 Å². The molecule has 0 bridgehead atoms. The van der Waals surface area contributed by atoms with E-state index >= 15 is 0 Å². The topological polar surface area (TPSA) is 26.3 Å². The minimum absolute atomic E-state index is 0.167. The summed E-state index contributed by atoms with van der Waals surface area (Å²) in [6.07, 6.45) is 4.58. The second-order valence-corrected chi connectivity index (χ2v) is 4.44. The monoisotopic (exact) mass is 202 g/mol. The number of carbonyl (C=O) groups is 1. The van der Waals surface area contributed by atoms with Gasteiger partial charge in [0.15, 0.2) is 0 Å². The molecule has 2 heteroatoms. The molecule has 2 aliphatic carbocycles. The molecule has 0 radical (unpaired) electrons. The van der Waals surface area contributed by atoms with E-state index in [1.165, 1.54) is 12.8 Å². The van der Waals surface area contributed by atoms with Crippen LogP contribution in [0.2, 0.25) is 0 Å². The Hall–Kier alpha value is -1.31. The summed E-state index contributed by atoms with van der Waals surface area (Å²) in [7, 11) is 0. The average molecular weight is 202 g/mol. The van der Waals surface area contributed by atoms with Crippen LogP contribution in [-0.4, -0.2) is 11.9 Å². The highest BCUT2D eigenvalue weighted by molar-refractivity contribution is 5.91. The van der Waals surface area contributed by atoms with Gasteiger partial charge in [-0.25, -0.2) is 0 Å². The molecule has 0 spiro atoms. The predicted molar refractivity (Wildman–Crippen MR) is 57.1 cm³/mol. The molecular formula is C13H14O2. The van der Waals surface area contributed by atoms with Crippen LogP contribution < -0.4 is 4.74 Å². The number of benzene rings is 1. The van der Waals surface area contributed by atoms with Gasteiger partial charge >= 0.3 is 0 Å². The molecule has 0 heterocycles. The number of hydrogen-bond acceptors (Lipinski definition) is 2. The van der Waals surface area contributed by atoms with E-state index in [0.717, 1.165) is 24.2 Å². The molecule has 0 saturated heterocycles. The Morgan fingerprint density at radius 2 is 1.80 bits per heavy atom. The smallest absolute Gasteiger partial charge is 0.140 e. The van der Waals surface area contributed by atoms with Crippen molar-refractivity contribution < 1.29 is 9.53 Å². The molecule has 1 aromatic rings. The molecule has 1 atom stereocenters. The summed E-state index contributed by atoms with van der Waals surface area (Å²) in [4.78, 5) is 11.3. The molecular weight excluding hydrogens is 188 g/mol. The van der Waals surface area contributed by atoms with Gasteiger partial charge in [-0.3, -0.25) is 4.79 Å². The molecule has 2 nitrogen and oxygen atoms in total. The van der Waals surface area contributed by atoms with Crippen molar-refractivity contribution in [2.45, 2.75) is 37.7 Å². The molecule has 3 rings (SSSR count). The van der Waals surface area contributed by atoms with Crippen LogP contribution in [0.1, 0.15) is 37.2 Å². The van der Waals surface area contributed by atoms with Crippen molar-refractivity contribution >= 4 is 5.78 Å². The zero-order valence-electron chi connectivity index (χ0n) is 8.61. The van der Waals surface area contributed by atoms with Crippen LogP contribution in [0.25, 0.3) is 0 Å². The number of carbonyl (C=O) groups excluding carboxylic acids is 1. The first-order chi connectivity index (χ1) is 7.33. The van der Waals surface area contributed by atoms with E-state index < -0.39 is 0 Å². The molecule has 0 amide bonds. The van der Waals surface area contributed by atoms with Crippen LogP contribution in [-0.2, 0) is 4.79 Å². The fourth-order valence-corrected chi connectivity index (χ4v) is 1.92. The Balaban J connectivity index is 1.71. The van der Waals surface area contributed by atoms with E-state index in [2.05, 4.69) is 0 Å². The SMILES string of the molecule is O=C1CCC1c1ccc(OC2CC2)cc1. The van der Waals surface area contributed by atoms with Gasteiger partial charge < -0.3 is 4.74 Å². The summed E-state index contributed by atoms with van der Waals surface area (Å²) in [5.74, 6) is 1.49. The number of ether oxygens (including phenoxy) is 1. The fraction of sp³-hybridized carbons (Fsp3) is 0.462. The predicted octanol–water partition coefficient (Wildman–Crippen LogP) is 2.67. The van der Waals surface area contributed by atoms with Gasteiger partial charge in [0.2, 0.25) is 0 Å². The van der Waals surface area contributed by atoms with Crippen LogP contribution in [0.5, 0.6) is 5.75 Å². The molecule has 2 fully saturated rings. The van der Waals surface area contributed by atoms with E-state index in [0.29, 0.717) is 11.9 Å². The zero-order chi connectivity index (χ0) is 10.3. The van der Waals surface area contributed by atoms with Crippen molar-refractivity contribution in [3.05, 3.63) is 29.8 Å². The molecule has 1 aromatic carbocycles. The van der Waals surface area contributed by atoms with Gasteiger partial charge in [-0.15, -0.1) is 0 Å². The number of Topliss-reactive ketones (excluding diaryl/α,β-unsaturated/α-hetero) is 1. The number of hydrogen-bond donors (Lipinski definition) is 0. The Morgan fingerprint density at radius 1 is 1.07 bits per heavy atom. The van der Waals surface area contributed by atoms with Gasteiger partial charge in [-0.2, -0.15) is 0 Å². The lowest BCUT2D eigenvalue weighted by molar-refractivity contribution is -0.125. The average Bonchev–Trinajstić information content (AvgIpc) is 3.03. The van der Waals surface area contributed by atoms with E-state index in [1.807, 2.05) is 24.3 Å². The van der Waals surface area contributed by atoms with Crippen LogP contribution in [0.15, 0.2) is 24.3 Å². The lowest BCUT2D eigenvalue weighted by Gasteiger charge is -2.24. The molecule has 2 aliphatic rings. The van der Waals surface area contributed by atoms with E-state index in [9.17, 15) is 4.79 Å². The second kappa shape index (κ2) is 3.37. The highest BCUT2D eigenvalue weighted by atomic mass is 16.5. The standard InChI is InChI=1S/C13H14O2/c14-13-8-7-12(13)9-1-3-10(4-2-9)15-11-5-6-11/h1-4,11-12H,5-8H2. The van der Waals surface area contributed by atoms with Crippen molar-refractivity contribution in [2.24, 2.45) is 0 Å². The first-order valence-corrected chi connectivity index (χ1v) is 5.62. The lowest BCUT2D eigenvalue weighted by Crippen LogP contribution is -2.22. The van der Waals surface area contributed by atoms with Crippen molar-refractivity contribution in [3.63, 3.8) is 0 Å². The van der Waals surface area contributed by atoms with Crippen LogP contribution in [0.3, 0.4) is 0 Å². The number of ketones is 1. The Kier molecular flexibility index (Phi) is 2.01. The van der Waals surface area contributed by atoms with E-state index in [4.69, 9.17) is 4.74 Å². The highest BCUT2D eigenvalue weighted by Crippen LogP contribution is 2.34. The summed E-state index contributed by atoms with van der Waals surface area (Å²) in [5, 5.41) is 0. The third-order valence-electron chi connectivity index (χ3n) is 3.18. The Bertz CT molecular complexity index is 376. The summed E-state index contributed by atoms with van der Waals surface area (Å²) in [6, 6.07) is 8.03. The van der Waals surface area contributed by atoms with E-state index in [1.54, 1.807) is 0 Å². The van der Waals surface area contributed by atoms with Gasteiger partial charge in [-0.05, 0) is 37.0 Å². The molecule has 0 N–H and O–H groups in total. The molecule has 0 aliphatic heterocycles. The Morgan fingerprint density at radius 3 is 2.27 bits per heavy atom. The maximum atomic E-state index is 11.3. The molecule has 2 saturated carbocycles. The molecule has 0 aromatic heterocycles.